The predicted molar refractivity (Wildman–Crippen MR) is 170 cm³/mol. The Kier molecular flexibility index (Phi) is 10.5. The summed E-state index contributed by atoms with van der Waals surface area (Å²) in [5, 5.41) is 10.1. The summed E-state index contributed by atoms with van der Waals surface area (Å²) in [6.45, 7) is 7.31. The first-order valence-electron chi connectivity index (χ1n) is 14.7. The number of carbonyl (C=O) groups excluding carboxylic acids is 4. The highest BCUT2D eigenvalue weighted by Gasteiger charge is 2.46. The highest BCUT2D eigenvalue weighted by Crippen LogP contribution is 2.38. The Balaban J connectivity index is 1.65. The Morgan fingerprint density at radius 3 is 2.39 bits per heavy atom. The van der Waals surface area contributed by atoms with Gasteiger partial charge in [-0.1, -0.05) is 87.6 Å². The zero-order chi connectivity index (χ0) is 32.2. The smallest absolute Gasteiger partial charge is 0.408 e. The summed E-state index contributed by atoms with van der Waals surface area (Å²) in [6.07, 6.45) is 0.511. The SMILES string of the molecule is CC[C@H](C)[C@H](NC(=O)OCc1ccccc1)C(=O)N[C@@]1(C(=O)N[C@H](C(N)=O)C(C)C)CCc2[nH]c3c(Cl)cc(Cl)cc3c2C1. The highest BCUT2D eigenvalue weighted by molar-refractivity contribution is 6.38. The highest BCUT2D eigenvalue weighted by atomic mass is 35.5. The molecule has 1 aliphatic carbocycles. The minimum Gasteiger partial charge on any atom is -0.445 e. The van der Waals surface area contributed by atoms with Crippen molar-refractivity contribution in [3.63, 3.8) is 0 Å². The Morgan fingerprint density at radius 1 is 1.05 bits per heavy atom. The van der Waals surface area contributed by atoms with Gasteiger partial charge < -0.3 is 31.4 Å². The Bertz CT molecular complexity index is 1540. The van der Waals surface area contributed by atoms with E-state index in [-0.39, 0.29) is 31.3 Å². The summed E-state index contributed by atoms with van der Waals surface area (Å²) in [5.41, 5.74) is 7.28. The van der Waals surface area contributed by atoms with Crippen LogP contribution in [-0.2, 0) is 38.6 Å². The van der Waals surface area contributed by atoms with Gasteiger partial charge in [0, 0.05) is 22.5 Å². The average Bonchev–Trinajstić information content (AvgIpc) is 3.35. The van der Waals surface area contributed by atoms with Crippen LogP contribution in [-0.4, -0.2) is 46.4 Å². The maximum atomic E-state index is 14.1. The Morgan fingerprint density at radius 2 is 1.75 bits per heavy atom. The molecule has 0 unspecified atom stereocenters. The largest absolute Gasteiger partial charge is 0.445 e. The lowest BCUT2D eigenvalue weighted by atomic mass is 9.78. The van der Waals surface area contributed by atoms with Crippen molar-refractivity contribution in [2.45, 2.75) is 77.6 Å². The van der Waals surface area contributed by atoms with Gasteiger partial charge in [0.15, 0.2) is 0 Å². The number of rotatable bonds is 11. The van der Waals surface area contributed by atoms with Gasteiger partial charge >= 0.3 is 6.09 Å². The number of aryl methyl sites for hydroxylation is 1. The lowest BCUT2D eigenvalue weighted by Gasteiger charge is -2.39. The molecule has 0 aliphatic heterocycles. The summed E-state index contributed by atoms with van der Waals surface area (Å²) < 4.78 is 5.39. The van der Waals surface area contributed by atoms with E-state index in [1.807, 2.05) is 44.2 Å². The van der Waals surface area contributed by atoms with Gasteiger partial charge in [-0.05, 0) is 47.9 Å². The van der Waals surface area contributed by atoms with Gasteiger partial charge in [-0.15, -0.1) is 0 Å². The van der Waals surface area contributed by atoms with Crippen molar-refractivity contribution in [3.8, 4) is 0 Å². The molecule has 1 aliphatic rings. The molecule has 4 rings (SSSR count). The van der Waals surface area contributed by atoms with Crippen LogP contribution in [0.2, 0.25) is 10.0 Å². The van der Waals surface area contributed by atoms with Gasteiger partial charge in [-0.3, -0.25) is 14.4 Å². The van der Waals surface area contributed by atoms with E-state index in [2.05, 4.69) is 20.9 Å². The maximum Gasteiger partial charge on any atom is 0.408 e. The van der Waals surface area contributed by atoms with Crippen molar-refractivity contribution in [2.24, 2.45) is 17.6 Å². The van der Waals surface area contributed by atoms with Crippen molar-refractivity contribution < 1.29 is 23.9 Å². The number of amides is 4. The number of hydrogen-bond donors (Lipinski definition) is 5. The van der Waals surface area contributed by atoms with Gasteiger partial charge in [0.25, 0.3) is 0 Å². The molecule has 0 saturated heterocycles. The second kappa shape index (κ2) is 13.9. The van der Waals surface area contributed by atoms with E-state index in [0.717, 1.165) is 22.2 Å². The molecule has 4 amide bonds. The fourth-order valence-electron chi connectivity index (χ4n) is 5.58. The van der Waals surface area contributed by atoms with Crippen molar-refractivity contribution in [1.82, 2.24) is 20.9 Å². The van der Waals surface area contributed by atoms with E-state index in [1.165, 1.54) is 0 Å². The number of ether oxygens (including phenoxy) is 1. The number of nitrogens with one attached hydrogen (secondary N) is 4. The summed E-state index contributed by atoms with van der Waals surface area (Å²) in [7, 11) is 0. The molecule has 1 heterocycles. The van der Waals surface area contributed by atoms with Crippen LogP contribution in [0.5, 0.6) is 0 Å². The second-order valence-electron chi connectivity index (χ2n) is 11.8. The number of halogens is 2. The third-order valence-electron chi connectivity index (χ3n) is 8.34. The quantitative estimate of drug-likeness (QED) is 0.203. The number of aromatic amines is 1. The summed E-state index contributed by atoms with van der Waals surface area (Å²) in [6, 6.07) is 10.6. The van der Waals surface area contributed by atoms with E-state index in [4.69, 9.17) is 33.7 Å². The fourth-order valence-corrected chi connectivity index (χ4v) is 6.12. The second-order valence-corrected chi connectivity index (χ2v) is 12.7. The van der Waals surface area contributed by atoms with Crippen molar-refractivity contribution in [2.75, 3.05) is 0 Å². The van der Waals surface area contributed by atoms with E-state index in [9.17, 15) is 19.2 Å². The molecule has 0 bridgehead atoms. The Labute approximate surface area is 266 Å². The molecule has 0 radical (unpaired) electrons. The standard InChI is InChI=1S/C32H39Cl2N5O5/c1-5-18(4)26(38-31(43)44-16-19-9-7-6-8-10-19)29(41)39-32(30(42)37-25(17(2)3)28(35)40)12-11-24-22(15-32)21-13-20(33)14-23(34)27(21)36-24/h6-10,13-14,17-18,25-26,36H,5,11-12,15-16H2,1-4H3,(H2,35,40)(H,37,42)(H,38,43)(H,39,41)/t18-,25-,26-,32-/m0/s1. The van der Waals surface area contributed by atoms with Crippen LogP contribution in [0, 0.1) is 11.8 Å². The summed E-state index contributed by atoms with van der Waals surface area (Å²) in [4.78, 5) is 56.5. The number of fused-ring (bicyclic) bond motifs is 3. The third kappa shape index (κ3) is 7.30. The molecule has 2 aromatic carbocycles. The minimum atomic E-state index is -1.47. The van der Waals surface area contributed by atoms with Crippen molar-refractivity contribution in [1.29, 1.82) is 0 Å². The van der Waals surface area contributed by atoms with E-state index in [0.29, 0.717) is 28.4 Å². The number of aromatic nitrogens is 1. The molecular weight excluding hydrogens is 605 g/mol. The fraction of sp³-hybridized carbons (Fsp3) is 0.438. The maximum absolute atomic E-state index is 14.1. The molecule has 44 heavy (non-hydrogen) atoms. The third-order valence-corrected chi connectivity index (χ3v) is 8.86. The first kappa shape index (κ1) is 33.1. The van der Waals surface area contributed by atoms with Gasteiger partial charge in [0.1, 0.15) is 24.2 Å². The number of nitrogens with two attached hydrogens (primary N) is 1. The number of benzene rings is 2. The molecule has 236 valence electrons. The van der Waals surface area contributed by atoms with Crippen LogP contribution >= 0.6 is 23.2 Å². The molecule has 12 heteroatoms. The van der Waals surface area contributed by atoms with Crippen LogP contribution in [0.1, 0.15) is 57.4 Å². The first-order valence-corrected chi connectivity index (χ1v) is 15.5. The number of alkyl carbamates (subject to hydrolysis) is 1. The normalized spacial score (nSPS) is 18.2. The molecule has 6 N–H and O–H groups in total. The monoisotopic (exact) mass is 643 g/mol. The molecular formula is C32H39Cl2N5O5. The molecule has 10 nitrogen and oxygen atoms in total. The van der Waals surface area contributed by atoms with E-state index >= 15 is 0 Å². The molecule has 4 atom stereocenters. The predicted octanol–water partition coefficient (Wildman–Crippen LogP) is 4.79. The van der Waals surface area contributed by atoms with Crippen LogP contribution in [0.25, 0.3) is 10.9 Å². The number of primary amides is 1. The van der Waals surface area contributed by atoms with Crippen molar-refractivity contribution >= 4 is 57.9 Å². The van der Waals surface area contributed by atoms with Crippen LogP contribution in [0.15, 0.2) is 42.5 Å². The van der Waals surface area contributed by atoms with Crippen LogP contribution in [0.4, 0.5) is 4.79 Å². The van der Waals surface area contributed by atoms with Gasteiger partial charge in [-0.2, -0.15) is 0 Å². The topological polar surface area (TPSA) is 155 Å². The number of carbonyl (C=O) groups is 4. The Hall–Kier alpha value is -3.76. The number of hydrogen-bond acceptors (Lipinski definition) is 5. The zero-order valence-electron chi connectivity index (χ0n) is 25.3. The van der Waals surface area contributed by atoms with Crippen LogP contribution in [0.3, 0.4) is 0 Å². The van der Waals surface area contributed by atoms with Crippen LogP contribution < -0.4 is 21.7 Å². The van der Waals surface area contributed by atoms with Gasteiger partial charge in [0.05, 0.1) is 10.5 Å². The molecule has 0 saturated carbocycles. The van der Waals surface area contributed by atoms with Gasteiger partial charge in [0.2, 0.25) is 17.7 Å². The minimum absolute atomic E-state index is 0.0338. The summed E-state index contributed by atoms with van der Waals surface area (Å²) in [5.74, 6) is -2.37. The first-order chi connectivity index (χ1) is 20.8. The van der Waals surface area contributed by atoms with Gasteiger partial charge in [-0.25, -0.2) is 4.79 Å². The molecule has 1 aromatic heterocycles. The van der Waals surface area contributed by atoms with E-state index in [1.54, 1.807) is 26.0 Å². The number of H-pyrrole nitrogens is 1. The molecule has 0 fully saturated rings. The summed E-state index contributed by atoms with van der Waals surface area (Å²) >= 11 is 12.8. The van der Waals surface area contributed by atoms with E-state index < -0.39 is 41.4 Å². The molecule has 0 spiro atoms. The average molecular weight is 645 g/mol. The molecule has 3 aromatic rings. The lowest BCUT2D eigenvalue weighted by molar-refractivity contribution is -0.137. The van der Waals surface area contributed by atoms with Crippen molar-refractivity contribution in [3.05, 3.63) is 69.3 Å². The lowest BCUT2D eigenvalue weighted by Crippen LogP contribution is -2.67. The zero-order valence-corrected chi connectivity index (χ0v) is 26.8.